The fourth-order valence-electron chi connectivity index (χ4n) is 2.57. The van der Waals surface area contributed by atoms with Crippen LogP contribution in [0.3, 0.4) is 0 Å². The minimum atomic E-state index is -4.51. The molecule has 3 aromatic rings. The van der Waals surface area contributed by atoms with Crippen LogP contribution < -0.4 is 5.32 Å². The Morgan fingerprint density at radius 2 is 1.74 bits per heavy atom. The molecule has 1 amide bonds. The molecule has 0 atom stereocenters. The third-order valence-electron chi connectivity index (χ3n) is 3.83. The summed E-state index contributed by atoms with van der Waals surface area (Å²) in [7, 11) is 0. The number of hydrogen-bond donors (Lipinski definition) is 2. The molecule has 0 bridgehead atoms. The number of hydrogen-bond acceptors (Lipinski definition) is 2. The van der Waals surface area contributed by atoms with E-state index in [1.54, 1.807) is 24.3 Å². The fourth-order valence-corrected chi connectivity index (χ4v) is 2.57. The van der Waals surface area contributed by atoms with Crippen molar-refractivity contribution in [2.75, 3.05) is 6.54 Å². The van der Waals surface area contributed by atoms with E-state index >= 15 is 0 Å². The number of nitrogens with one attached hydrogen (secondary N) is 2. The molecule has 0 radical (unpaired) electrons. The highest BCUT2D eigenvalue weighted by Crippen LogP contribution is 2.31. The van der Waals surface area contributed by atoms with Crippen molar-refractivity contribution < 1.29 is 22.8 Å². The van der Waals surface area contributed by atoms with Gasteiger partial charge in [-0.1, -0.05) is 42.2 Å². The quantitative estimate of drug-likeness (QED) is 0.421. The van der Waals surface area contributed by atoms with Crippen molar-refractivity contribution in [3.8, 4) is 11.8 Å². The topological polar surface area (TPSA) is 62.0 Å². The Morgan fingerprint density at radius 3 is 2.52 bits per heavy atom. The van der Waals surface area contributed by atoms with Crippen LogP contribution in [0.25, 0.3) is 10.9 Å². The van der Waals surface area contributed by atoms with E-state index in [9.17, 15) is 22.8 Å². The summed E-state index contributed by atoms with van der Waals surface area (Å²) in [6.07, 6.45) is -3.07. The lowest BCUT2D eigenvalue weighted by Gasteiger charge is -2.08. The van der Waals surface area contributed by atoms with Crippen molar-refractivity contribution in [1.29, 1.82) is 0 Å². The molecule has 7 heteroatoms. The van der Waals surface area contributed by atoms with E-state index in [4.69, 9.17) is 0 Å². The number of aromatic nitrogens is 1. The van der Waals surface area contributed by atoms with Crippen LogP contribution >= 0.6 is 0 Å². The number of alkyl halides is 3. The summed E-state index contributed by atoms with van der Waals surface area (Å²) in [6, 6.07) is 11.9. The van der Waals surface area contributed by atoms with E-state index in [0.29, 0.717) is 5.39 Å². The minimum Gasteiger partial charge on any atom is -0.360 e. The first-order valence-corrected chi connectivity index (χ1v) is 7.91. The van der Waals surface area contributed by atoms with Gasteiger partial charge in [-0.15, -0.1) is 0 Å². The van der Waals surface area contributed by atoms with E-state index in [2.05, 4.69) is 22.1 Å². The number of amides is 1. The van der Waals surface area contributed by atoms with Gasteiger partial charge in [0.15, 0.2) is 0 Å². The zero-order valence-electron chi connectivity index (χ0n) is 13.9. The Labute approximate surface area is 152 Å². The van der Waals surface area contributed by atoms with Gasteiger partial charge < -0.3 is 10.3 Å². The second kappa shape index (κ2) is 7.38. The molecule has 136 valence electrons. The Hall–Kier alpha value is -3.53. The maximum absolute atomic E-state index is 12.9. The number of H-pyrrole nitrogens is 1. The summed E-state index contributed by atoms with van der Waals surface area (Å²) in [5.41, 5.74) is -0.100. The van der Waals surface area contributed by atoms with Crippen LogP contribution in [0.4, 0.5) is 13.2 Å². The monoisotopic (exact) mass is 370 g/mol. The number of fused-ring (bicyclic) bond motifs is 1. The number of halogens is 3. The predicted octanol–water partition coefficient (Wildman–Crippen LogP) is 3.54. The number of carbonyl (C=O) groups excluding carboxylic acids is 2. The molecule has 0 fully saturated rings. The van der Waals surface area contributed by atoms with E-state index < -0.39 is 23.4 Å². The van der Waals surface area contributed by atoms with Crippen molar-refractivity contribution in [1.82, 2.24) is 10.3 Å². The predicted molar refractivity (Wildman–Crippen MR) is 94.0 cm³/mol. The highest BCUT2D eigenvalue weighted by molar-refractivity contribution is 6.45. The standard InChI is InChI=1S/C20H13F3N2O2/c21-20(22,23)16-9-3-1-6-13(16)7-5-11-24-19(27)18(26)15-12-25-17-10-4-2-8-14(15)17/h1-4,6,8-10,12,25H,11H2,(H,24,27). The second-order valence-corrected chi connectivity index (χ2v) is 5.60. The Balaban J connectivity index is 1.68. The summed E-state index contributed by atoms with van der Waals surface area (Å²) in [5.74, 6) is 3.19. The molecule has 0 saturated carbocycles. The van der Waals surface area contributed by atoms with Crippen LogP contribution in [-0.4, -0.2) is 23.2 Å². The summed E-state index contributed by atoms with van der Waals surface area (Å²) in [6.45, 7) is -0.251. The maximum Gasteiger partial charge on any atom is 0.417 e. The van der Waals surface area contributed by atoms with Gasteiger partial charge in [0.25, 0.3) is 11.7 Å². The molecule has 0 spiro atoms. The van der Waals surface area contributed by atoms with Crippen molar-refractivity contribution in [3.05, 3.63) is 71.4 Å². The second-order valence-electron chi connectivity index (χ2n) is 5.60. The molecule has 0 unspecified atom stereocenters. The lowest BCUT2D eigenvalue weighted by Crippen LogP contribution is -2.31. The number of para-hydroxylation sites is 1. The summed E-state index contributed by atoms with van der Waals surface area (Å²) in [5, 5.41) is 2.92. The molecular weight excluding hydrogens is 357 g/mol. The average molecular weight is 370 g/mol. The molecule has 0 aliphatic rings. The third kappa shape index (κ3) is 4.01. The van der Waals surface area contributed by atoms with Gasteiger partial charge >= 0.3 is 6.18 Å². The Kier molecular flexibility index (Phi) is 4.99. The van der Waals surface area contributed by atoms with Crippen molar-refractivity contribution >= 4 is 22.6 Å². The van der Waals surface area contributed by atoms with Gasteiger partial charge in [-0.2, -0.15) is 13.2 Å². The smallest absolute Gasteiger partial charge is 0.360 e. The molecule has 27 heavy (non-hydrogen) atoms. The van der Waals surface area contributed by atoms with Gasteiger partial charge in [-0.05, 0) is 18.2 Å². The van der Waals surface area contributed by atoms with Gasteiger partial charge in [0.1, 0.15) is 0 Å². The van der Waals surface area contributed by atoms with E-state index in [1.807, 2.05) is 0 Å². The Bertz CT molecular complexity index is 1070. The van der Waals surface area contributed by atoms with Crippen molar-refractivity contribution in [3.63, 3.8) is 0 Å². The van der Waals surface area contributed by atoms with Crippen LogP contribution in [0.15, 0.2) is 54.7 Å². The number of carbonyl (C=O) groups is 2. The number of ketones is 1. The molecule has 2 aromatic carbocycles. The molecular formula is C20H13F3N2O2. The molecule has 4 nitrogen and oxygen atoms in total. The molecule has 0 saturated heterocycles. The van der Waals surface area contributed by atoms with E-state index in [0.717, 1.165) is 11.6 Å². The third-order valence-corrected chi connectivity index (χ3v) is 3.83. The molecule has 1 aromatic heterocycles. The first-order chi connectivity index (χ1) is 12.9. The average Bonchev–Trinajstić information content (AvgIpc) is 3.08. The normalized spacial score (nSPS) is 10.9. The highest BCUT2D eigenvalue weighted by Gasteiger charge is 2.32. The molecule has 0 aliphatic carbocycles. The van der Waals surface area contributed by atoms with Gasteiger partial charge in [0.05, 0.1) is 17.7 Å². The summed E-state index contributed by atoms with van der Waals surface area (Å²) >= 11 is 0. The zero-order valence-corrected chi connectivity index (χ0v) is 13.9. The molecule has 2 N–H and O–H groups in total. The SMILES string of the molecule is O=C(NCC#Cc1ccccc1C(F)(F)F)C(=O)c1c[nH]c2ccccc12. The zero-order chi connectivity index (χ0) is 19.4. The largest absolute Gasteiger partial charge is 0.417 e. The van der Waals surface area contributed by atoms with Crippen LogP contribution in [0.5, 0.6) is 0 Å². The van der Waals surface area contributed by atoms with Crippen LogP contribution in [-0.2, 0) is 11.0 Å². The minimum absolute atomic E-state index is 0.192. The Morgan fingerprint density at radius 1 is 1.04 bits per heavy atom. The van der Waals surface area contributed by atoms with Gasteiger partial charge in [0, 0.05) is 22.7 Å². The van der Waals surface area contributed by atoms with Crippen LogP contribution in [0, 0.1) is 11.8 Å². The van der Waals surface area contributed by atoms with Gasteiger partial charge in [-0.3, -0.25) is 9.59 Å². The first-order valence-electron chi connectivity index (χ1n) is 7.91. The summed E-state index contributed by atoms with van der Waals surface area (Å²) in [4.78, 5) is 27.1. The number of benzene rings is 2. The molecule has 0 aliphatic heterocycles. The maximum atomic E-state index is 12.9. The van der Waals surface area contributed by atoms with Crippen LogP contribution in [0.1, 0.15) is 21.5 Å². The lowest BCUT2D eigenvalue weighted by molar-refractivity contribution is -0.137. The van der Waals surface area contributed by atoms with Gasteiger partial charge in [-0.25, -0.2) is 0 Å². The molecule has 1 heterocycles. The van der Waals surface area contributed by atoms with Crippen LogP contribution in [0.2, 0.25) is 0 Å². The van der Waals surface area contributed by atoms with E-state index in [-0.39, 0.29) is 17.7 Å². The number of rotatable bonds is 3. The number of Topliss-reactive ketones (excluding diaryl/α,β-unsaturated/α-hetero) is 1. The van der Waals surface area contributed by atoms with Gasteiger partial charge in [0.2, 0.25) is 0 Å². The van der Waals surface area contributed by atoms with Crippen molar-refractivity contribution in [2.24, 2.45) is 0 Å². The lowest BCUT2D eigenvalue weighted by atomic mass is 10.1. The highest BCUT2D eigenvalue weighted by atomic mass is 19.4. The van der Waals surface area contributed by atoms with E-state index in [1.165, 1.54) is 24.4 Å². The number of aromatic amines is 1. The summed E-state index contributed by atoms with van der Waals surface area (Å²) < 4.78 is 38.7. The fraction of sp³-hybridized carbons (Fsp3) is 0.100. The van der Waals surface area contributed by atoms with Crippen molar-refractivity contribution in [2.45, 2.75) is 6.18 Å². The first kappa shape index (κ1) is 18.3. The molecule has 3 rings (SSSR count).